The lowest BCUT2D eigenvalue weighted by Crippen LogP contribution is -2.32. The van der Waals surface area contributed by atoms with E-state index in [-0.39, 0.29) is 0 Å². The van der Waals surface area contributed by atoms with Crippen LogP contribution in [0.3, 0.4) is 0 Å². The average Bonchev–Trinajstić information content (AvgIpc) is 2.37. The number of aromatic nitrogens is 1. The molecule has 0 aliphatic carbocycles. The third-order valence-electron chi connectivity index (χ3n) is 3.43. The first-order valence-corrected chi connectivity index (χ1v) is 6.63. The highest BCUT2D eigenvalue weighted by Crippen LogP contribution is 2.21. The maximum Gasteiger partial charge on any atom is 0.337 e. The quantitative estimate of drug-likeness (QED) is 0.886. The Hall–Kier alpha value is -1.42. The highest BCUT2D eigenvalue weighted by molar-refractivity contribution is 5.89. The Labute approximate surface area is 108 Å². The first kappa shape index (κ1) is 13.0. The number of hydrogen-bond acceptors (Lipinski definition) is 3. The molecule has 0 atom stereocenters. The summed E-state index contributed by atoms with van der Waals surface area (Å²) in [6.07, 6.45) is 2.73. The van der Waals surface area contributed by atoms with Crippen molar-refractivity contribution in [1.29, 1.82) is 0 Å². The molecule has 98 valence electrons. The Kier molecular flexibility index (Phi) is 3.97. The molecule has 0 bridgehead atoms. The van der Waals surface area contributed by atoms with Gasteiger partial charge in [-0.05, 0) is 31.0 Å². The number of nitrogens with zero attached hydrogens (tertiary/aromatic N) is 2. The molecule has 1 aliphatic heterocycles. The number of aryl methyl sites for hydroxylation is 1. The summed E-state index contributed by atoms with van der Waals surface area (Å²) in [5.74, 6) is -0.866. The van der Waals surface area contributed by atoms with E-state index in [1.54, 1.807) is 0 Å². The van der Waals surface area contributed by atoms with Gasteiger partial charge in [-0.1, -0.05) is 13.8 Å². The van der Waals surface area contributed by atoms with E-state index >= 15 is 0 Å². The van der Waals surface area contributed by atoms with Crippen LogP contribution in [0, 0.1) is 0 Å². The molecule has 0 unspecified atom stereocenters. The predicted molar refractivity (Wildman–Crippen MR) is 69.8 cm³/mol. The van der Waals surface area contributed by atoms with Gasteiger partial charge in [-0.3, -0.25) is 9.88 Å². The molecule has 1 aromatic rings. The lowest BCUT2D eigenvalue weighted by molar-refractivity contribution is 0.0694. The minimum Gasteiger partial charge on any atom is -0.478 e. The van der Waals surface area contributed by atoms with Crippen molar-refractivity contribution in [2.45, 2.75) is 39.7 Å². The van der Waals surface area contributed by atoms with Crippen molar-refractivity contribution in [2.75, 3.05) is 13.1 Å². The zero-order valence-electron chi connectivity index (χ0n) is 11.1. The third kappa shape index (κ3) is 2.53. The van der Waals surface area contributed by atoms with Crippen LogP contribution in [-0.2, 0) is 19.4 Å². The molecule has 1 N–H and O–H groups in total. The van der Waals surface area contributed by atoms with Gasteiger partial charge in [0.05, 0.1) is 11.3 Å². The topological polar surface area (TPSA) is 53.4 Å². The fourth-order valence-corrected chi connectivity index (χ4v) is 2.53. The van der Waals surface area contributed by atoms with Crippen LogP contribution >= 0.6 is 0 Å². The summed E-state index contributed by atoms with van der Waals surface area (Å²) >= 11 is 0. The van der Waals surface area contributed by atoms with Gasteiger partial charge in [-0.25, -0.2) is 4.79 Å². The van der Waals surface area contributed by atoms with Gasteiger partial charge in [0.1, 0.15) is 0 Å². The predicted octanol–water partition coefficient (Wildman–Crippen LogP) is 2.11. The summed E-state index contributed by atoms with van der Waals surface area (Å²) < 4.78 is 0. The minimum atomic E-state index is -0.866. The smallest absolute Gasteiger partial charge is 0.337 e. The van der Waals surface area contributed by atoms with Crippen LogP contribution < -0.4 is 0 Å². The van der Waals surface area contributed by atoms with E-state index in [9.17, 15) is 9.90 Å². The maximum atomic E-state index is 11.2. The second-order valence-corrected chi connectivity index (χ2v) is 4.77. The molecule has 0 radical (unpaired) electrons. The van der Waals surface area contributed by atoms with E-state index in [2.05, 4.69) is 16.8 Å². The number of aromatic carboxylic acids is 1. The molecule has 1 aromatic heterocycles. The summed E-state index contributed by atoms with van der Waals surface area (Å²) in [5, 5.41) is 9.21. The number of carboxylic acids is 1. The monoisotopic (exact) mass is 248 g/mol. The Morgan fingerprint density at radius 3 is 2.89 bits per heavy atom. The number of fused-ring (bicyclic) bond motifs is 1. The van der Waals surface area contributed by atoms with Crippen LogP contribution in [0.2, 0.25) is 0 Å². The second-order valence-electron chi connectivity index (χ2n) is 4.77. The first-order valence-electron chi connectivity index (χ1n) is 6.63. The van der Waals surface area contributed by atoms with Gasteiger partial charge in [-0.15, -0.1) is 0 Å². The Morgan fingerprint density at radius 2 is 2.28 bits per heavy atom. The van der Waals surface area contributed by atoms with E-state index in [0.29, 0.717) is 17.7 Å². The standard InChI is InChI=1S/C14H20N2O2/c1-3-6-16-7-5-13-10(9-16)8-11(14(17)18)12(4-2)15-13/h8H,3-7,9H2,1-2H3,(H,17,18). The Bertz CT molecular complexity index is 457. The molecule has 0 aromatic carbocycles. The van der Waals surface area contributed by atoms with E-state index in [0.717, 1.165) is 43.7 Å². The van der Waals surface area contributed by atoms with Crippen molar-refractivity contribution in [2.24, 2.45) is 0 Å². The number of pyridine rings is 1. The fourth-order valence-electron chi connectivity index (χ4n) is 2.53. The number of carboxylic acid groups (broad SMARTS) is 1. The lowest BCUT2D eigenvalue weighted by Gasteiger charge is -2.28. The van der Waals surface area contributed by atoms with E-state index < -0.39 is 5.97 Å². The van der Waals surface area contributed by atoms with Crippen LogP contribution in [0.1, 0.15) is 47.6 Å². The summed E-state index contributed by atoms with van der Waals surface area (Å²) in [5.41, 5.74) is 3.26. The molecular weight excluding hydrogens is 228 g/mol. The molecule has 0 saturated heterocycles. The van der Waals surface area contributed by atoms with Crippen LogP contribution in [0.25, 0.3) is 0 Å². The highest BCUT2D eigenvalue weighted by Gasteiger charge is 2.20. The molecule has 4 heteroatoms. The summed E-state index contributed by atoms with van der Waals surface area (Å²) in [6.45, 7) is 7.05. The van der Waals surface area contributed by atoms with Gasteiger partial charge < -0.3 is 5.11 Å². The normalized spacial score (nSPS) is 15.4. The first-order chi connectivity index (χ1) is 8.65. The Balaban J connectivity index is 2.33. The molecule has 0 saturated carbocycles. The van der Waals surface area contributed by atoms with E-state index in [1.165, 1.54) is 0 Å². The van der Waals surface area contributed by atoms with Gasteiger partial charge in [0.25, 0.3) is 0 Å². The highest BCUT2D eigenvalue weighted by atomic mass is 16.4. The average molecular weight is 248 g/mol. The van der Waals surface area contributed by atoms with Crippen LogP contribution in [-0.4, -0.2) is 34.0 Å². The van der Waals surface area contributed by atoms with Gasteiger partial charge >= 0.3 is 5.97 Å². The fraction of sp³-hybridized carbons (Fsp3) is 0.571. The van der Waals surface area contributed by atoms with Crippen molar-refractivity contribution >= 4 is 5.97 Å². The van der Waals surface area contributed by atoms with Crippen LogP contribution in [0.15, 0.2) is 6.07 Å². The molecule has 2 heterocycles. The van der Waals surface area contributed by atoms with Crippen molar-refractivity contribution < 1.29 is 9.90 Å². The Morgan fingerprint density at radius 1 is 1.50 bits per heavy atom. The lowest BCUT2D eigenvalue weighted by atomic mass is 10.0. The van der Waals surface area contributed by atoms with Crippen LogP contribution in [0.5, 0.6) is 0 Å². The van der Waals surface area contributed by atoms with Gasteiger partial charge in [-0.2, -0.15) is 0 Å². The van der Waals surface area contributed by atoms with Crippen molar-refractivity contribution in [1.82, 2.24) is 9.88 Å². The van der Waals surface area contributed by atoms with Crippen molar-refractivity contribution in [3.05, 3.63) is 28.6 Å². The van der Waals surface area contributed by atoms with Gasteiger partial charge in [0.15, 0.2) is 0 Å². The summed E-state index contributed by atoms with van der Waals surface area (Å²) in [4.78, 5) is 18.1. The zero-order chi connectivity index (χ0) is 13.1. The third-order valence-corrected chi connectivity index (χ3v) is 3.43. The number of hydrogen-bond donors (Lipinski definition) is 1. The molecule has 18 heavy (non-hydrogen) atoms. The summed E-state index contributed by atoms with van der Waals surface area (Å²) in [6, 6.07) is 1.82. The zero-order valence-corrected chi connectivity index (χ0v) is 11.1. The minimum absolute atomic E-state index is 0.370. The van der Waals surface area contributed by atoms with Crippen molar-refractivity contribution in [3.8, 4) is 0 Å². The molecule has 4 nitrogen and oxygen atoms in total. The summed E-state index contributed by atoms with van der Waals surface area (Å²) in [7, 11) is 0. The van der Waals surface area contributed by atoms with E-state index in [4.69, 9.17) is 0 Å². The molecule has 0 fully saturated rings. The molecule has 2 rings (SSSR count). The molecular formula is C14H20N2O2. The number of carbonyl (C=O) groups is 1. The second kappa shape index (κ2) is 5.48. The molecule has 0 spiro atoms. The number of rotatable bonds is 4. The van der Waals surface area contributed by atoms with Crippen molar-refractivity contribution in [3.63, 3.8) is 0 Å². The molecule has 0 amide bonds. The van der Waals surface area contributed by atoms with Gasteiger partial charge in [0.2, 0.25) is 0 Å². The van der Waals surface area contributed by atoms with E-state index in [1.807, 2.05) is 13.0 Å². The van der Waals surface area contributed by atoms with Crippen LogP contribution in [0.4, 0.5) is 0 Å². The maximum absolute atomic E-state index is 11.2. The largest absolute Gasteiger partial charge is 0.478 e. The van der Waals surface area contributed by atoms with Gasteiger partial charge in [0, 0.05) is 25.2 Å². The SMILES string of the molecule is CCCN1CCc2nc(CC)c(C(=O)O)cc2C1. The molecule has 1 aliphatic rings.